The van der Waals surface area contributed by atoms with Crippen molar-refractivity contribution in [2.45, 2.75) is 33.2 Å². The van der Waals surface area contributed by atoms with Crippen molar-refractivity contribution in [2.75, 3.05) is 11.9 Å². The van der Waals surface area contributed by atoms with Gasteiger partial charge < -0.3 is 10.2 Å². The van der Waals surface area contributed by atoms with E-state index in [0.29, 0.717) is 15.7 Å². The zero-order valence-corrected chi connectivity index (χ0v) is 13.5. The van der Waals surface area contributed by atoms with Crippen LogP contribution in [-0.2, 0) is 9.59 Å². The van der Waals surface area contributed by atoms with Gasteiger partial charge in [-0.1, -0.05) is 23.2 Å². The van der Waals surface area contributed by atoms with Gasteiger partial charge in [0.1, 0.15) is 6.54 Å². The highest BCUT2D eigenvalue weighted by molar-refractivity contribution is 6.42. The summed E-state index contributed by atoms with van der Waals surface area (Å²) in [6, 6.07) is 4.82. The molecule has 0 spiro atoms. The first-order valence-corrected chi connectivity index (χ1v) is 6.90. The highest BCUT2D eigenvalue weighted by atomic mass is 35.5. The second-order valence-electron chi connectivity index (χ2n) is 5.45. The molecule has 0 saturated heterocycles. The van der Waals surface area contributed by atoms with Crippen molar-refractivity contribution in [1.29, 1.82) is 0 Å². The minimum atomic E-state index is -0.416. The van der Waals surface area contributed by atoms with Crippen LogP contribution in [0.25, 0.3) is 0 Å². The highest BCUT2D eigenvalue weighted by Crippen LogP contribution is 2.25. The Morgan fingerprint density at radius 1 is 1.20 bits per heavy atom. The lowest BCUT2D eigenvalue weighted by atomic mass is 10.1. The van der Waals surface area contributed by atoms with Crippen LogP contribution in [0.1, 0.15) is 27.7 Å². The molecule has 2 amide bonds. The largest absolute Gasteiger partial charge is 0.329 e. The Bertz CT molecular complexity index is 524. The van der Waals surface area contributed by atoms with E-state index in [1.54, 1.807) is 18.2 Å². The molecule has 20 heavy (non-hydrogen) atoms. The molecule has 110 valence electrons. The van der Waals surface area contributed by atoms with E-state index in [9.17, 15) is 9.59 Å². The molecule has 0 heterocycles. The SMILES string of the molecule is CC(=O)N(CC(=O)Nc1ccc(Cl)c(Cl)c1)C(C)(C)C. The van der Waals surface area contributed by atoms with Crippen LogP contribution >= 0.6 is 23.2 Å². The number of carbonyl (C=O) groups excluding carboxylic acids is 2. The molecule has 0 saturated carbocycles. The normalized spacial score (nSPS) is 11.1. The van der Waals surface area contributed by atoms with Crippen LogP contribution in [0, 0.1) is 0 Å². The fourth-order valence-corrected chi connectivity index (χ4v) is 2.04. The van der Waals surface area contributed by atoms with Gasteiger partial charge in [0.05, 0.1) is 10.0 Å². The number of amides is 2. The molecule has 0 aliphatic rings. The number of hydrogen-bond donors (Lipinski definition) is 1. The first kappa shape index (κ1) is 16.8. The van der Waals surface area contributed by atoms with E-state index >= 15 is 0 Å². The number of hydrogen-bond acceptors (Lipinski definition) is 2. The molecular weight excluding hydrogens is 299 g/mol. The summed E-state index contributed by atoms with van der Waals surface area (Å²) in [5.74, 6) is -0.435. The molecule has 1 N–H and O–H groups in total. The summed E-state index contributed by atoms with van der Waals surface area (Å²) < 4.78 is 0. The molecule has 6 heteroatoms. The Balaban J connectivity index is 2.76. The lowest BCUT2D eigenvalue weighted by Crippen LogP contribution is -2.48. The molecule has 1 aromatic carbocycles. The summed E-state index contributed by atoms with van der Waals surface area (Å²) in [7, 11) is 0. The zero-order chi connectivity index (χ0) is 15.5. The summed E-state index contributed by atoms with van der Waals surface area (Å²) in [6.45, 7) is 7.05. The van der Waals surface area contributed by atoms with Crippen molar-refractivity contribution in [3.63, 3.8) is 0 Å². The van der Waals surface area contributed by atoms with Crippen LogP contribution in [0.3, 0.4) is 0 Å². The van der Waals surface area contributed by atoms with Crippen molar-refractivity contribution >= 4 is 40.7 Å². The zero-order valence-electron chi connectivity index (χ0n) is 12.0. The van der Waals surface area contributed by atoms with E-state index < -0.39 is 5.54 Å². The van der Waals surface area contributed by atoms with Gasteiger partial charge in [0.15, 0.2) is 0 Å². The van der Waals surface area contributed by atoms with Gasteiger partial charge in [-0.3, -0.25) is 9.59 Å². The van der Waals surface area contributed by atoms with Gasteiger partial charge in [0, 0.05) is 18.2 Å². The second kappa shape index (κ2) is 6.46. The predicted octanol–water partition coefficient (Wildman–Crippen LogP) is 3.58. The molecule has 0 fully saturated rings. The average Bonchev–Trinajstić information content (AvgIpc) is 2.29. The summed E-state index contributed by atoms with van der Waals surface area (Å²) >= 11 is 11.7. The van der Waals surface area contributed by atoms with Gasteiger partial charge in [-0.25, -0.2) is 0 Å². The van der Waals surface area contributed by atoms with Crippen LogP contribution in [0.15, 0.2) is 18.2 Å². The Morgan fingerprint density at radius 2 is 1.80 bits per heavy atom. The predicted molar refractivity (Wildman–Crippen MR) is 82.2 cm³/mol. The van der Waals surface area contributed by atoms with Crippen molar-refractivity contribution in [1.82, 2.24) is 4.90 Å². The van der Waals surface area contributed by atoms with Gasteiger partial charge >= 0.3 is 0 Å². The Labute approximate surface area is 129 Å². The highest BCUT2D eigenvalue weighted by Gasteiger charge is 2.25. The first-order chi connectivity index (χ1) is 9.11. The number of benzene rings is 1. The smallest absolute Gasteiger partial charge is 0.244 e. The molecular formula is C14H18Cl2N2O2. The van der Waals surface area contributed by atoms with Crippen LogP contribution in [0.2, 0.25) is 10.0 Å². The van der Waals surface area contributed by atoms with E-state index in [2.05, 4.69) is 5.32 Å². The fourth-order valence-electron chi connectivity index (χ4n) is 1.74. The minimum absolute atomic E-state index is 0.0148. The van der Waals surface area contributed by atoms with E-state index in [0.717, 1.165) is 0 Å². The third-order valence-electron chi connectivity index (χ3n) is 2.69. The summed E-state index contributed by atoms with van der Waals surface area (Å²) in [4.78, 5) is 25.1. The molecule has 1 aromatic rings. The number of anilines is 1. The van der Waals surface area contributed by atoms with Crippen LogP contribution in [-0.4, -0.2) is 28.8 Å². The van der Waals surface area contributed by atoms with Gasteiger partial charge in [-0.05, 0) is 39.0 Å². The van der Waals surface area contributed by atoms with E-state index in [1.807, 2.05) is 20.8 Å². The number of carbonyl (C=O) groups is 2. The number of nitrogens with one attached hydrogen (secondary N) is 1. The third-order valence-corrected chi connectivity index (χ3v) is 3.43. The van der Waals surface area contributed by atoms with Gasteiger partial charge in [0.25, 0.3) is 0 Å². The molecule has 0 aliphatic carbocycles. The molecule has 0 aliphatic heterocycles. The lowest BCUT2D eigenvalue weighted by molar-refractivity contribution is -0.137. The minimum Gasteiger partial charge on any atom is -0.329 e. The van der Waals surface area contributed by atoms with Gasteiger partial charge in [0.2, 0.25) is 11.8 Å². The first-order valence-electron chi connectivity index (χ1n) is 6.14. The second-order valence-corrected chi connectivity index (χ2v) is 6.27. The van der Waals surface area contributed by atoms with E-state index in [4.69, 9.17) is 23.2 Å². The van der Waals surface area contributed by atoms with Gasteiger partial charge in [-0.2, -0.15) is 0 Å². The molecule has 0 bridgehead atoms. The van der Waals surface area contributed by atoms with Crippen LogP contribution in [0.5, 0.6) is 0 Å². The maximum atomic E-state index is 12.0. The van der Waals surface area contributed by atoms with Crippen LogP contribution in [0.4, 0.5) is 5.69 Å². The monoisotopic (exact) mass is 316 g/mol. The average molecular weight is 317 g/mol. The summed E-state index contributed by atoms with van der Waals surface area (Å²) in [5.41, 5.74) is 0.127. The number of rotatable bonds is 3. The Morgan fingerprint density at radius 3 is 2.25 bits per heavy atom. The van der Waals surface area contributed by atoms with E-state index in [-0.39, 0.29) is 18.4 Å². The molecule has 0 atom stereocenters. The maximum absolute atomic E-state index is 12.0. The maximum Gasteiger partial charge on any atom is 0.244 e. The van der Waals surface area contributed by atoms with E-state index in [1.165, 1.54) is 11.8 Å². The third kappa shape index (κ3) is 4.69. The molecule has 1 rings (SSSR count). The van der Waals surface area contributed by atoms with Crippen molar-refractivity contribution in [3.05, 3.63) is 28.2 Å². The van der Waals surface area contributed by atoms with Crippen LogP contribution < -0.4 is 5.32 Å². The molecule has 0 unspecified atom stereocenters. The van der Waals surface area contributed by atoms with Crippen molar-refractivity contribution in [3.8, 4) is 0 Å². The lowest BCUT2D eigenvalue weighted by Gasteiger charge is -2.34. The number of nitrogens with zero attached hydrogens (tertiary/aromatic N) is 1. The topological polar surface area (TPSA) is 49.4 Å². The molecule has 0 aromatic heterocycles. The summed E-state index contributed by atoms with van der Waals surface area (Å²) in [5, 5.41) is 3.48. The van der Waals surface area contributed by atoms with Crippen molar-refractivity contribution < 1.29 is 9.59 Å². The number of halogens is 2. The van der Waals surface area contributed by atoms with Crippen molar-refractivity contribution in [2.24, 2.45) is 0 Å². The quantitative estimate of drug-likeness (QED) is 0.926. The summed E-state index contributed by atoms with van der Waals surface area (Å²) in [6.07, 6.45) is 0. The molecule has 4 nitrogen and oxygen atoms in total. The Hall–Kier alpha value is -1.26. The molecule has 0 radical (unpaired) electrons. The standard InChI is InChI=1S/C14H18Cl2N2O2/c1-9(19)18(14(2,3)4)8-13(20)17-10-5-6-11(15)12(16)7-10/h5-7H,8H2,1-4H3,(H,17,20). The fraction of sp³-hybridized carbons (Fsp3) is 0.429. The Kier molecular flexibility index (Phi) is 5.42. The van der Waals surface area contributed by atoms with Gasteiger partial charge in [-0.15, -0.1) is 0 Å².